The number of carbonyl (C=O) groups is 1. The van der Waals surface area contributed by atoms with Crippen molar-refractivity contribution >= 4 is 28.4 Å². The van der Waals surface area contributed by atoms with Crippen LogP contribution in [0.4, 0.5) is 0 Å². The highest BCUT2D eigenvalue weighted by Gasteiger charge is 2.23. The molecule has 1 fully saturated rings. The molecule has 110 valence electrons. The summed E-state index contributed by atoms with van der Waals surface area (Å²) in [4.78, 5) is 16.8. The molecule has 0 radical (unpaired) electrons. The average molecular weight is 303 g/mol. The predicted octanol–water partition coefficient (Wildman–Crippen LogP) is 4.20. The summed E-state index contributed by atoms with van der Waals surface area (Å²) in [5, 5.41) is 4.33. The summed E-state index contributed by atoms with van der Waals surface area (Å²) >= 11 is 6.04. The summed E-state index contributed by atoms with van der Waals surface area (Å²) in [7, 11) is 0. The Hall–Kier alpha value is -1.61. The molecule has 1 atom stereocenters. The first-order valence-corrected chi connectivity index (χ1v) is 7.89. The fraction of sp³-hybridized carbons (Fsp3) is 0.412. The molecule has 4 heteroatoms. The average Bonchev–Trinajstić information content (AvgIpc) is 3.00. The largest absolute Gasteiger partial charge is 0.349 e. The molecule has 1 aliphatic carbocycles. The van der Waals surface area contributed by atoms with Gasteiger partial charge in [0, 0.05) is 11.4 Å². The van der Waals surface area contributed by atoms with Crippen LogP contribution in [-0.2, 0) is 0 Å². The lowest BCUT2D eigenvalue weighted by Gasteiger charge is -2.20. The number of rotatable bonds is 3. The van der Waals surface area contributed by atoms with Crippen LogP contribution in [0.25, 0.3) is 10.9 Å². The second-order valence-electron chi connectivity index (χ2n) is 5.82. The number of para-hydroxylation sites is 1. The standard InChI is InChI=1S/C17H19ClN2O/c1-11(12-6-2-3-7-12)19-17(21)14-10-16(18)20-15-9-5-4-8-13(14)15/h4-5,8-12H,2-3,6-7H2,1H3,(H,19,21). The Bertz CT molecular complexity index is 665. The van der Waals surface area contributed by atoms with Crippen molar-refractivity contribution in [2.45, 2.75) is 38.6 Å². The molecular weight excluding hydrogens is 284 g/mol. The van der Waals surface area contributed by atoms with Crippen LogP contribution < -0.4 is 5.32 Å². The normalized spacial score (nSPS) is 17.0. The fourth-order valence-corrected chi connectivity index (χ4v) is 3.39. The van der Waals surface area contributed by atoms with E-state index < -0.39 is 0 Å². The van der Waals surface area contributed by atoms with Crippen molar-refractivity contribution in [2.24, 2.45) is 5.92 Å². The van der Waals surface area contributed by atoms with E-state index in [9.17, 15) is 4.79 Å². The van der Waals surface area contributed by atoms with Crippen LogP contribution in [-0.4, -0.2) is 16.9 Å². The van der Waals surface area contributed by atoms with Gasteiger partial charge in [0.25, 0.3) is 5.91 Å². The van der Waals surface area contributed by atoms with E-state index in [4.69, 9.17) is 11.6 Å². The zero-order chi connectivity index (χ0) is 14.8. The molecule has 1 aliphatic rings. The topological polar surface area (TPSA) is 42.0 Å². The monoisotopic (exact) mass is 302 g/mol. The minimum Gasteiger partial charge on any atom is -0.349 e. The quantitative estimate of drug-likeness (QED) is 0.864. The summed E-state index contributed by atoms with van der Waals surface area (Å²) < 4.78 is 0. The summed E-state index contributed by atoms with van der Waals surface area (Å²) in [6.07, 6.45) is 4.96. The summed E-state index contributed by atoms with van der Waals surface area (Å²) in [5.41, 5.74) is 1.36. The van der Waals surface area contributed by atoms with Gasteiger partial charge in [-0.15, -0.1) is 0 Å². The van der Waals surface area contributed by atoms with Crippen molar-refractivity contribution in [3.05, 3.63) is 41.0 Å². The minimum atomic E-state index is -0.0603. The van der Waals surface area contributed by atoms with Crippen molar-refractivity contribution < 1.29 is 4.79 Å². The molecule has 0 aliphatic heterocycles. The summed E-state index contributed by atoms with van der Waals surface area (Å²) in [5.74, 6) is 0.535. The van der Waals surface area contributed by atoms with E-state index in [2.05, 4.69) is 17.2 Å². The molecule has 3 rings (SSSR count). The van der Waals surface area contributed by atoms with Gasteiger partial charge in [0.15, 0.2) is 0 Å². The SMILES string of the molecule is CC(NC(=O)c1cc(Cl)nc2ccccc12)C1CCCC1. The Kier molecular flexibility index (Phi) is 4.11. The number of aromatic nitrogens is 1. The number of amides is 1. The summed E-state index contributed by atoms with van der Waals surface area (Å²) in [6.45, 7) is 2.10. The highest BCUT2D eigenvalue weighted by atomic mass is 35.5. The smallest absolute Gasteiger partial charge is 0.252 e. The van der Waals surface area contributed by atoms with E-state index in [1.807, 2.05) is 24.3 Å². The van der Waals surface area contributed by atoms with Gasteiger partial charge in [-0.2, -0.15) is 0 Å². The van der Waals surface area contributed by atoms with Crippen molar-refractivity contribution in [1.82, 2.24) is 10.3 Å². The molecule has 0 spiro atoms. The number of hydrogen-bond acceptors (Lipinski definition) is 2. The Morgan fingerprint density at radius 3 is 2.81 bits per heavy atom. The highest BCUT2D eigenvalue weighted by Crippen LogP contribution is 2.28. The molecule has 2 aromatic rings. The number of pyridine rings is 1. The second kappa shape index (κ2) is 6.02. The second-order valence-corrected chi connectivity index (χ2v) is 6.20. The van der Waals surface area contributed by atoms with E-state index in [0.29, 0.717) is 16.6 Å². The molecule has 1 amide bonds. The zero-order valence-electron chi connectivity index (χ0n) is 12.1. The van der Waals surface area contributed by atoms with Crippen molar-refractivity contribution in [1.29, 1.82) is 0 Å². The lowest BCUT2D eigenvalue weighted by atomic mass is 9.99. The summed E-state index contributed by atoms with van der Waals surface area (Å²) in [6, 6.07) is 9.45. The number of carbonyl (C=O) groups excluding carboxylic acids is 1. The van der Waals surface area contributed by atoms with Crippen LogP contribution in [0, 0.1) is 5.92 Å². The van der Waals surface area contributed by atoms with E-state index in [1.54, 1.807) is 6.07 Å². The highest BCUT2D eigenvalue weighted by molar-refractivity contribution is 6.30. The Morgan fingerprint density at radius 1 is 1.33 bits per heavy atom. The molecule has 1 N–H and O–H groups in total. The molecule has 0 bridgehead atoms. The third kappa shape index (κ3) is 3.03. The first-order chi connectivity index (χ1) is 10.1. The number of nitrogens with zero attached hydrogens (tertiary/aromatic N) is 1. The van der Waals surface area contributed by atoms with Gasteiger partial charge in [0.1, 0.15) is 5.15 Å². The molecule has 1 unspecified atom stereocenters. The Labute approximate surface area is 129 Å². The van der Waals surface area contributed by atoms with Gasteiger partial charge in [-0.3, -0.25) is 4.79 Å². The molecule has 3 nitrogen and oxygen atoms in total. The van der Waals surface area contributed by atoms with Gasteiger partial charge < -0.3 is 5.32 Å². The molecule has 1 saturated carbocycles. The lowest BCUT2D eigenvalue weighted by molar-refractivity contribution is 0.0929. The number of halogens is 1. The lowest BCUT2D eigenvalue weighted by Crippen LogP contribution is -2.37. The maximum atomic E-state index is 12.6. The molecule has 1 aromatic heterocycles. The van der Waals surface area contributed by atoms with Gasteiger partial charge in [-0.05, 0) is 37.8 Å². The maximum absolute atomic E-state index is 12.6. The van der Waals surface area contributed by atoms with Gasteiger partial charge >= 0.3 is 0 Å². The number of hydrogen-bond donors (Lipinski definition) is 1. The van der Waals surface area contributed by atoms with Gasteiger partial charge in [0.2, 0.25) is 0 Å². The maximum Gasteiger partial charge on any atom is 0.252 e. The van der Waals surface area contributed by atoms with Crippen LogP contribution in [0.1, 0.15) is 43.0 Å². The third-order valence-electron chi connectivity index (χ3n) is 4.40. The van der Waals surface area contributed by atoms with Gasteiger partial charge in [0.05, 0.1) is 11.1 Å². The first-order valence-electron chi connectivity index (χ1n) is 7.51. The molecule has 21 heavy (non-hydrogen) atoms. The van der Waals surface area contributed by atoms with Crippen LogP contribution in [0.5, 0.6) is 0 Å². The number of fused-ring (bicyclic) bond motifs is 1. The number of nitrogens with one attached hydrogen (secondary N) is 1. The Morgan fingerprint density at radius 2 is 2.05 bits per heavy atom. The first kappa shape index (κ1) is 14.3. The van der Waals surface area contributed by atoms with Crippen molar-refractivity contribution in [3.8, 4) is 0 Å². The van der Waals surface area contributed by atoms with Crippen LogP contribution >= 0.6 is 11.6 Å². The predicted molar refractivity (Wildman–Crippen MR) is 85.6 cm³/mol. The molecule has 0 saturated heterocycles. The van der Waals surface area contributed by atoms with Crippen LogP contribution in [0.3, 0.4) is 0 Å². The van der Waals surface area contributed by atoms with E-state index in [1.165, 1.54) is 25.7 Å². The third-order valence-corrected chi connectivity index (χ3v) is 4.59. The van der Waals surface area contributed by atoms with Gasteiger partial charge in [-0.25, -0.2) is 4.98 Å². The molecule has 1 heterocycles. The van der Waals surface area contributed by atoms with Crippen molar-refractivity contribution in [2.75, 3.05) is 0 Å². The van der Waals surface area contributed by atoms with Gasteiger partial charge in [-0.1, -0.05) is 42.6 Å². The fourth-order valence-electron chi connectivity index (χ4n) is 3.19. The Balaban J connectivity index is 1.87. The van der Waals surface area contributed by atoms with E-state index >= 15 is 0 Å². The minimum absolute atomic E-state index is 0.0603. The van der Waals surface area contributed by atoms with E-state index in [-0.39, 0.29) is 11.9 Å². The van der Waals surface area contributed by atoms with Crippen LogP contribution in [0.15, 0.2) is 30.3 Å². The molecular formula is C17H19ClN2O. The number of benzene rings is 1. The van der Waals surface area contributed by atoms with E-state index in [0.717, 1.165) is 10.9 Å². The molecule has 1 aromatic carbocycles. The zero-order valence-corrected chi connectivity index (χ0v) is 12.9. The van der Waals surface area contributed by atoms with Crippen LogP contribution in [0.2, 0.25) is 5.15 Å². The van der Waals surface area contributed by atoms with Crippen molar-refractivity contribution in [3.63, 3.8) is 0 Å².